The number of aromatic nitrogens is 1. The molecule has 0 amide bonds. The van der Waals surface area contributed by atoms with Gasteiger partial charge in [-0.1, -0.05) is 44.4 Å². The molecule has 0 unspecified atom stereocenters. The molecule has 3 nitrogen and oxygen atoms in total. The van der Waals surface area contributed by atoms with Crippen molar-refractivity contribution in [3.8, 4) is 0 Å². The van der Waals surface area contributed by atoms with Gasteiger partial charge in [0, 0.05) is 49.3 Å². The first-order valence-electron chi connectivity index (χ1n) is 8.41. The summed E-state index contributed by atoms with van der Waals surface area (Å²) in [6.45, 7) is 6.84. The summed E-state index contributed by atoms with van der Waals surface area (Å²) >= 11 is 0. The second-order valence-electron chi connectivity index (χ2n) is 6.09. The predicted molar refractivity (Wildman–Crippen MR) is 104 cm³/mol. The molecular weight excluding hydrogens is 329 g/mol. The van der Waals surface area contributed by atoms with Crippen LogP contribution in [0.25, 0.3) is 10.9 Å². The number of nitrogens with one attached hydrogen (secondary N) is 2. The van der Waals surface area contributed by atoms with Crippen molar-refractivity contribution in [1.82, 2.24) is 15.2 Å². The van der Waals surface area contributed by atoms with E-state index in [1.54, 1.807) is 0 Å². The van der Waals surface area contributed by atoms with Crippen molar-refractivity contribution >= 4 is 35.7 Å². The van der Waals surface area contributed by atoms with E-state index in [0.29, 0.717) is 6.04 Å². The zero-order valence-corrected chi connectivity index (χ0v) is 15.5. The van der Waals surface area contributed by atoms with Crippen LogP contribution in [0.4, 0.5) is 0 Å². The lowest BCUT2D eigenvalue weighted by molar-refractivity contribution is 0.164. The molecule has 2 N–H and O–H groups in total. The maximum absolute atomic E-state index is 3.47. The Balaban J connectivity index is 0.00000132. The van der Waals surface area contributed by atoms with Crippen LogP contribution in [0.15, 0.2) is 30.5 Å². The van der Waals surface area contributed by atoms with E-state index < -0.39 is 0 Å². The molecule has 1 aromatic carbocycles. The van der Waals surface area contributed by atoms with E-state index in [4.69, 9.17) is 0 Å². The highest BCUT2D eigenvalue weighted by Crippen LogP contribution is 2.32. The standard InChI is InChI=1S/C18H27N3.2ClH/c1-2-3-4-9-18(21-12-10-19-11-13-21)16-14-20-17-8-6-5-7-15(16)17;;/h5-8,14,18-20H,2-4,9-13H2,1H3;2*1H/t18-;;/m0../s1. The Morgan fingerprint density at radius 3 is 2.57 bits per heavy atom. The maximum Gasteiger partial charge on any atom is 0.0457 e. The first-order valence-corrected chi connectivity index (χ1v) is 8.41. The Kier molecular flexibility index (Phi) is 9.00. The molecule has 2 heterocycles. The minimum Gasteiger partial charge on any atom is -0.361 e. The molecule has 23 heavy (non-hydrogen) atoms. The second kappa shape index (κ2) is 10.2. The molecule has 1 aliphatic heterocycles. The Hall–Kier alpha value is -0.740. The zero-order chi connectivity index (χ0) is 14.5. The van der Waals surface area contributed by atoms with Crippen molar-refractivity contribution in [2.45, 2.75) is 38.6 Å². The van der Waals surface area contributed by atoms with Crippen LogP contribution in [0.1, 0.15) is 44.2 Å². The molecule has 0 spiro atoms. The molecule has 1 saturated heterocycles. The number of aromatic amines is 1. The van der Waals surface area contributed by atoms with Crippen LogP contribution in [-0.2, 0) is 0 Å². The number of hydrogen-bond donors (Lipinski definition) is 2. The summed E-state index contributed by atoms with van der Waals surface area (Å²) in [5.74, 6) is 0. The highest BCUT2D eigenvalue weighted by Gasteiger charge is 2.23. The Morgan fingerprint density at radius 1 is 1.09 bits per heavy atom. The van der Waals surface area contributed by atoms with Crippen LogP contribution in [0, 0.1) is 0 Å². The maximum atomic E-state index is 3.47. The summed E-state index contributed by atoms with van der Waals surface area (Å²) in [6, 6.07) is 9.27. The molecule has 1 fully saturated rings. The van der Waals surface area contributed by atoms with Gasteiger partial charge in [0.05, 0.1) is 0 Å². The lowest BCUT2D eigenvalue weighted by Crippen LogP contribution is -2.45. The van der Waals surface area contributed by atoms with E-state index in [-0.39, 0.29) is 24.8 Å². The number of fused-ring (bicyclic) bond motifs is 1. The molecule has 1 atom stereocenters. The van der Waals surface area contributed by atoms with Gasteiger partial charge in [0.15, 0.2) is 0 Å². The van der Waals surface area contributed by atoms with E-state index in [9.17, 15) is 0 Å². The van der Waals surface area contributed by atoms with Gasteiger partial charge in [-0.15, -0.1) is 24.8 Å². The fourth-order valence-corrected chi connectivity index (χ4v) is 3.49. The Labute approximate surface area is 152 Å². The summed E-state index contributed by atoms with van der Waals surface area (Å²) in [7, 11) is 0. The molecule has 0 radical (unpaired) electrons. The zero-order valence-electron chi connectivity index (χ0n) is 13.9. The summed E-state index contributed by atoms with van der Waals surface area (Å²) in [5, 5.41) is 4.87. The van der Waals surface area contributed by atoms with E-state index >= 15 is 0 Å². The highest BCUT2D eigenvalue weighted by molar-refractivity contribution is 5.85. The van der Waals surface area contributed by atoms with E-state index in [0.717, 1.165) is 26.2 Å². The normalized spacial score (nSPS) is 16.6. The van der Waals surface area contributed by atoms with Crippen LogP contribution in [0.2, 0.25) is 0 Å². The molecular formula is C18H29Cl2N3. The largest absolute Gasteiger partial charge is 0.361 e. The number of benzene rings is 1. The molecule has 1 aromatic heterocycles. The number of halogens is 2. The van der Waals surface area contributed by atoms with Gasteiger partial charge in [0.1, 0.15) is 0 Å². The van der Waals surface area contributed by atoms with Crippen LogP contribution in [-0.4, -0.2) is 36.1 Å². The average Bonchev–Trinajstić information content (AvgIpc) is 2.96. The van der Waals surface area contributed by atoms with Gasteiger partial charge in [0.2, 0.25) is 0 Å². The van der Waals surface area contributed by atoms with Crippen molar-refractivity contribution in [1.29, 1.82) is 0 Å². The van der Waals surface area contributed by atoms with Gasteiger partial charge < -0.3 is 10.3 Å². The molecule has 1 aliphatic rings. The lowest BCUT2D eigenvalue weighted by atomic mass is 9.97. The third-order valence-corrected chi connectivity index (χ3v) is 4.65. The summed E-state index contributed by atoms with van der Waals surface area (Å²) in [4.78, 5) is 6.12. The number of unbranched alkanes of at least 4 members (excludes halogenated alkanes) is 2. The fourth-order valence-electron chi connectivity index (χ4n) is 3.49. The number of rotatable bonds is 6. The Bertz CT molecular complexity index is 564. The molecule has 5 heteroatoms. The van der Waals surface area contributed by atoms with Gasteiger partial charge in [-0.05, 0) is 18.1 Å². The van der Waals surface area contributed by atoms with Gasteiger partial charge >= 0.3 is 0 Å². The second-order valence-corrected chi connectivity index (χ2v) is 6.09. The van der Waals surface area contributed by atoms with Crippen molar-refractivity contribution in [2.24, 2.45) is 0 Å². The van der Waals surface area contributed by atoms with Gasteiger partial charge in [-0.2, -0.15) is 0 Å². The van der Waals surface area contributed by atoms with Crippen LogP contribution in [0.3, 0.4) is 0 Å². The van der Waals surface area contributed by atoms with Crippen molar-refractivity contribution in [3.63, 3.8) is 0 Å². The lowest BCUT2D eigenvalue weighted by Gasteiger charge is -2.35. The van der Waals surface area contributed by atoms with E-state index in [2.05, 4.69) is 52.6 Å². The first-order chi connectivity index (χ1) is 10.4. The first kappa shape index (κ1) is 20.3. The topological polar surface area (TPSA) is 31.1 Å². The molecule has 0 bridgehead atoms. The molecule has 2 aromatic rings. The SMILES string of the molecule is CCCCC[C@@H](c1c[nH]c2ccccc12)N1CCNCC1.Cl.Cl. The minimum atomic E-state index is 0. The minimum absolute atomic E-state index is 0. The monoisotopic (exact) mass is 357 g/mol. The number of hydrogen-bond acceptors (Lipinski definition) is 2. The molecule has 3 rings (SSSR count). The van der Waals surface area contributed by atoms with Crippen molar-refractivity contribution in [3.05, 3.63) is 36.0 Å². The summed E-state index contributed by atoms with van der Waals surface area (Å²) < 4.78 is 0. The predicted octanol–water partition coefficient (Wildman–Crippen LogP) is 4.54. The van der Waals surface area contributed by atoms with Crippen molar-refractivity contribution in [2.75, 3.05) is 26.2 Å². The summed E-state index contributed by atoms with van der Waals surface area (Å²) in [6.07, 6.45) is 7.47. The van der Waals surface area contributed by atoms with Crippen LogP contribution < -0.4 is 5.32 Å². The fraction of sp³-hybridized carbons (Fsp3) is 0.556. The number of piperazine rings is 1. The smallest absolute Gasteiger partial charge is 0.0457 e. The molecule has 130 valence electrons. The van der Waals surface area contributed by atoms with E-state index in [1.807, 2.05) is 0 Å². The summed E-state index contributed by atoms with van der Waals surface area (Å²) in [5.41, 5.74) is 2.76. The van der Waals surface area contributed by atoms with Crippen molar-refractivity contribution < 1.29 is 0 Å². The Morgan fingerprint density at radius 2 is 1.83 bits per heavy atom. The quantitative estimate of drug-likeness (QED) is 0.743. The number of nitrogens with zero attached hydrogens (tertiary/aromatic N) is 1. The van der Waals surface area contributed by atoms with Crippen LogP contribution in [0.5, 0.6) is 0 Å². The van der Waals surface area contributed by atoms with Gasteiger partial charge in [-0.3, -0.25) is 4.90 Å². The van der Waals surface area contributed by atoms with Gasteiger partial charge in [-0.25, -0.2) is 0 Å². The van der Waals surface area contributed by atoms with E-state index in [1.165, 1.54) is 42.1 Å². The number of para-hydroxylation sites is 1. The third-order valence-electron chi connectivity index (χ3n) is 4.65. The molecule has 0 saturated carbocycles. The number of H-pyrrole nitrogens is 1. The molecule has 0 aliphatic carbocycles. The van der Waals surface area contributed by atoms with Crippen LogP contribution >= 0.6 is 24.8 Å². The average molecular weight is 358 g/mol. The van der Waals surface area contributed by atoms with Gasteiger partial charge in [0.25, 0.3) is 0 Å². The highest BCUT2D eigenvalue weighted by atomic mass is 35.5. The third kappa shape index (κ3) is 4.87.